The van der Waals surface area contributed by atoms with Crippen LogP contribution in [0.2, 0.25) is 0 Å². The number of nitrogens with two attached hydrogens (primary N) is 1. The largest absolute Gasteiger partial charge is 0.369 e. The lowest BCUT2D eigenvalue weighted by molar-refractivity contribution is -0.121. The Balaban J connectivity index is 1.98. The Hall–Kier alpha value is -2.04. The number of nitrogens with zero attached hydrogens (tertiary/aromatic N) is 1. The summed E-state index contributed by atoms with van der Waals surface area (Å²) in [7, 11) is 0. The van der Waals surface area contributed by atoms with Gasteiger partial charge in [-0.25, -0.2) is 4.79 Å². The molecule has 0 spiro atoms. The van der Waals surface area contributed by atoms with Crippen molar-refractivity contribution in [3.05, 3.63) is 35.9 Å². The van der Waals surface area contributed by atoms with E-state index >= 15 is 0 Å². The summed E-state index contributed by atoms with van der Waals surface area (Å²) in [6, 6.07) is 9.98. The van der Waals surface area contributed by atoms with Crippen LogP contribution in [0.3, 0.4) is 0 Å². The number of carbonyl (C=O) groups is 2. The molecule has 1 aliphatic heterocycles. The lowest BCUT2D eigenvalue weighted by Gasteiger charge is -2.34. The second kappa shape index (κ2) is 6.38. The summed E-state index contributed by atoms with van der Waals surface area (Å²) >= 11 is 0. The van der Waals surface area contributed by atoms with Crippen LogP contribution in [-0.4, -0.2) is 36.0 Å². The molecule has 1 heterocycles. The van der Waals surface area contributed by atoms with Gasteiger partial charge in [0.1, 0.15) is 0 Å². The Bertz CT molecular complexity index is 542. The maximum Gasteiger partial charge on any atom is 0.317 e. The number of hydrogen-bond donors (Lipinski definition) is 2. The number of hydrogen-bond acceptors (Lipinski definition) is 2. The Morgan fingerprint density at radius 1 is 1.32 bits per heavy atom. The molecule has 0 radical (unpaired) electrons. The van der Waals surface area contributed by atoms with Crippen LogP contribution < -0.4 is 11.1 Å². The minimum absolute atomic E-state index is 0.0324. The summed E-state index contributed by atoms with van der Waals surface area (Å²) < 4.78 is 0. The molecule has 3 N–H and O–H groups in total. The fraction of sp³-hybridized carbons (Fsp3) is 0.529. The van der Waals surface area contributed by atoms with Gasteiger partial charge in [0.15, 0.2) is 0 Å². The number of rotatable bonds is 4. The van der Waals surface area contributed by atoms with Crippen molar-refractivity contribution in [3.63, 3.8) is 0 Å². The molecular formula is C17H25N3O2. The van der Waals surface area contributed by atoms with Crippen molar-refractivity contribution in [1.82, 2.24) is 10.2 Å². The Morgan fingerprint density at radius 3 is 2.50 bits per heavy atom. The van der Waals surface area contributed by atoms with E-state index in [1.165, 1.54) is 5.56 Å². The van der Waals surface area contributed by atoms with Crippen LogP contribution >= 0.6 is 0 Å². The van der Waals surface area contributed by atoms with Gasteiger partial charge in [-0.3, -0.25) is 4.79 Å². The van der Waals surface area contributed by atoms with Crippen LogP contribution in [0.15, 0.2) is 30.3 Å². The average molecular weight is 303 g/mol. The molecule has 1 aliphatic rings. The molecule has 1 aromatic carbocycles. The van der Waals surface area contributed by atoms with Gasteiger partial charge < -0.3 is 16.0 Å². The van der Waals surface area contributed by atoms with Crippen molar-refractivity contribution < 1.29 is 9.59 Å². The van der Waals surface area contributed by atoms with Gasteiger partial charge in [-0.2, -0.15) is 0 Å². The molecule has 0 bridgehead atoms. The summed E-state index contributed by atoms with van der Waals surface area (Å²) in [6.45, 7) is 7.23. The molecule has 5 nitrogen and oxygen atoms in total. The average Bonchev–Trinajstić information content (AvgIpc) is 2.98. The zero-order valence-corrected chi connectivity index (χ0v) is 13.5. The van der Waals surface area contributed by atoms with Gasteiger partial charge in [-0.1, -0.05) is 44.2 Å². The first-order valence-electron chi connectivity index (χ1n) is 7.72. The molecule has 2 atom stereocenters. The summed E-state index contributed by atoms with van der Waals surface area (Å²) in [6.07, 6.45) is 0.652. The summed E-state index contributed by atoms with van der Waals surface area (Å²) in [5, 5.41) is 3.05. The van der Waals surface area contributed by atoms with Gasteiger partial charge in [-0.05, 0) is 18.9 Å². The second-order valence-electron chi connectivity index (χ2n) is 6.59. The summed E-state index contributed by atoms with van der Waals surface area (Å²) in [4.78, 5) is 25.2. The van der Waals surface area contributed by atoms with E-state index in [2.05, 4.69) is 31.3 Å². The number of benzene rings is 1. The highest BCUT2D eigenvalue weighted by atomic mass is 16.2. The molecule has 0 saturated carbocycles. The van der Waals surface area contributed by atoms with Gasteiger partial charge in [0.25, 0.3) is 0 Å². The SMILES string of the molecule is CC(NC(=O)N1CCC(C(N)=O)C1)C(C)(C)c1ccccc1. The lowest BCUT2D eigenvalue weighted by Crippen LogP contribution is -2.50. The van der Waals surface area contributed by atoms with Crippen LogP contribution in [-0.2, 0) is 10.2 Å². The standard InChI is InChI=1S/C17H25N3O2/c1-12(17(2,3)14-7-5-4-6-8-14)19-16(22)20-10-9-13(11-20)15(18)21/h4-8,12-13H,9-11H2,1-3H3,(H2,18,21)(H,19,22). The third-order valence-corrected chi connectivity index (χ3v) is 4.82. The molecule has 1 fully saturated rings. The van der Waals surface area contributed by atoms with Gasteiger partial charge >= 0.3 is 6.03 Å². The van der Waals surface area contributed by atoms with E-state index < -0.39 is 0 Å². The van der Waals surface area contributed by atoms with Crippen LogP contribution in [0.25, 0.3) is 0 Å². The van der Waals surface area contributed by atoms with Crippen molar-refractivity contribution in [2.24, 2.45) is 11.7 Å². The summed E-state index contributed by atoms with van der Waals surface area (Å²) in [5.41, 5.74) is 6.31. The second-order valence-corrected chi connectivity index (χ2v) is 6.59. The van der Waals surface area contributed by atoms with E-state index in [4.69, 9.17) is 5.73 Å². The van der Waals surface area contributed by atoms with Crippen molar-refractivity contribution in [2.45, 2.75) is 38.6 Å². The Labute approximate surface area is 131 Å². The van der Waals surface area contributed by atoms with E-state index in [0.29, 0.717) is 19.5 Å². The zero-order valence-electron chi connectivity index (χ0n) is 13.5. The van der Waals surface area contributed by atoms with Crippen LogP contribution in [0, 0.1) is 5.92 Å². The fourth-order valence-electron chi connectivity index (χ4n) is 2.75. The van der Waals surface area contributed by atoms with Crippen molar-refractivity contribution in [2.75, 3.05) is 13.1 Å². The number of urea groups is 1. The zero-order chi connectivity index (χ0) is 16.3. The first kappa shape index (κ1) is 16.3. The van der Waals surface area contributed by atoms with Crippen molar-refractivity contribution in [1.29, 1.82) is 0 Å². The quantitative estimate of drug-likeness (QED) is 0.891. The van der Waals surface area contributed by atoms with Crippen molar-refractivity contribution >= 4 is 11.9 Å². The topological polar surface area (TPSA) is 75.4 Å². The molecule has 1 aromatic rings. The number of amides is 3. The molecule has 0 aromatic heterocycles. The molecule has 3 amide bonds. The van der Waals surface area contributed by atoms with E-state index in [-0.39, 0.29) is 29.3 Å². The molecular weight excluding hydrogens is 278 g/mol. The van der Waals surface area contributed by atoms with E-state index in [1.807, 2.05) is 25.1 Å². The van der Waals surface area contributed by atoms with Gasteiger partial charge in [0, 0.05) is 24.5 Å². The van der Waals surface area contributed by atoms with Crippen LogP contribution in [0.5, 0.6) is 0 Å². The monoisotopic (exact) mass is 303 g/mol. The highest BCUT2D eigenvalue weighted by Crippen LogP contribution is 2.27. The first-order valence-corrected chi connectivity index (χ1v) is 7.72. The molecule has 5 heteroatoms. The number of nitrogens with one attached hydrogen (secondary N) is 1. The lowest BCUT2D eigenvalue weighted by atomic mass is 9.78. The Morgan fingerprint density at radius 2 is 1.95 bits per heavy atom. The normalized spacial score (nSPS) is 19.8. The highest BCUT2D eigenvalue weighted by Gasteiger charge is 2.33. The van der Waals surface area contributed by atoms with Crippen LogP contribution in [0.4, 0.5) is 4.79 Å². The molecule has 0 aliphatic carbocycles. The molecule has 22 heavy (non-hydrogen) atoms. The van der Waals surface area contributed by atoms with E-state index in [0.717, 1.165) is 0 Å². The van der Waals surface area contributed by atoms with Gasteiger partial charge in [-0.15, -0.1) is 0 Å². The molecule has 1 saturated heterocycles. The predicted octanol–water partition coefficient (Wildman–Crippen LogP) is 1.87. The maximum absolute atomic E-state index is 12.4. The van der Waals surface area contributed by atoms with Gasteiger partial charge in [0.05, 0.1) is 5.92 Å². The molecule has 120 valence electrons. The molecule has 2 rings (SSSR count). The third kappa shape index (κ3) is 3.40. The van der Waals surface area contributed by atoms with Crippen molar-refractivity contribution in [3.8, 4) is 0 Å². The highest BCUT2D eigenvalue weighted by molar-refractivity contribution is 5.80. The number of carbonyl (C=O) groups excluding carboxylic acids is 2. The first-order chi connectivity index (χ1) is 10.3. The Kier molecular flexibility index (Phi) is 4.74. The number of primary amides is 1. The summed E-state index contributed by atoms with van der Waals surface area (Å²) in [5.74, 6) is -0.545. The number of likely N-dealkylation sites (tertiary alicyclic amines) is 1. The molecule has 2 unspecified atom stereocenters. The van der Waals surface area contributed by atoms with E-state index in [1.54, 1.807) is 4.90 Å². The third-order valence-electron chi connectivity index (χ3n) is 4.82. The van der Waals surface area contributed by atoms with Gasteiger partial charge in [0.2, 0.25) is 5.91 Å². The maximum atomic E-state index is 12.4. The predicted molar refractivity (Wildman–Crippen MR) is 86.3 cm³/mol. The van der Waals surface area contributed by atoms with E-state index in [9.17, 15) is 9.59 Å². The minimum Gasteiger partial charge on any atom is -0.369 e. The smallest absolute Gasteiger partial charge is 0.317 e. The fourth-order valence-corrected chi connectivity index (χ4v) is 2.75. The minimum atomic E-state index is -0.326. The van der Waals surface area contributed by atoms with Crippen LogP contribution in [0.1, 0.15) is 32.8 Å².